The van der Waals surface area contributed by atoms with Crippen LogP contribution in [-0.2, 0) is 0 Å². The summed E-state index contributed by atoms with van der Waals surface area (Å²) >= 11 is 11.6. The fraction of sp³-hybridized carbons (Fsp3) is 0.176. The third-order valence-corrected chi connectivity index (χ3v) is 5.85. The van der Waals surface area contributed by atoms with Crippen molar-refractivity contribution < 1.29 is 0 Å². The Morgan fingerprint density at radius 2 is 1.95 bits per heavy atom. The predicted octanol–water partition coefficient (Wildman–Crippen LogP) is 6.80. The Hall–Kier alpha value is -1.03. The van der Waals surface area contributed by atoms with Crippen LogP contribution < -0.4 is 5.32 Å². The number of aryl methyl sites for hydroxylation is 1. The highest BCUT2D eigenvalue weighted by Crippen LogP contribution is 2.37. The molecule has 1 unspecified atom stereocenters. The number of hydrogen-bond donors (Lipinski definition) is 1. The predicted molar refractivity (Wildman–Crippen MR) is 97.8 cm³/mol. The van der Waals surface area contributed by atoms with Crippen LogP contribution in [0.2, 0.25) is 5.02 Å². The first-order valence-electron chi connectivity index (χ1n) is 6.76. The van der Waals surface area contributed by atoms with Crippen LogP contribution in [0.1, 0.15) is 23.4 Å². The van der Waals surface area contributed by atoms with Gasteiger partial charge in [-0.3, -0.25) is 0 Å². The van der Waals surface area contributed by atoms with Gasteiger partial charge in [0.25, 0.3) is 0 Å². The van der Waals surface area contributed by atoms with E-state index in [1.165, 1.54) is 20.5 Å². The van der Waals surface area contributed by atoms with Crippen molar-refractivity contribution in [1.82, 2.24) is 0 Å². The van der Waals surface area contributed by atoms with E-state index in [4.69, 9.17) is 11.6 Å². The number of benzene rings is 2. The minimum Gasteiger partial charge on any atom is -0.376 e. The molecular weight excluding hydrogens is 366 g/mol. The fourth-order valence-electron chi connectivity index (χ4n) is 2.51. The van der Waals surface area contributed by atoms with Gasteiger partial charge in [-0.1, -0.05) is 45.7 Å². The van der Waals surface area contributed by atoms with Gasteiger partial charge in [0.15, 0.2) is 0 Å². The molecule has 0 aliphatic heterocycles. The molecule has 1 N–H and O–H groups in total. The van der Waals surface area contributed by atoms with Gasteiger partial charge in [-0.2, -0.15) is 0 Å². The Bertz CT molecular complexity index is 797. The molecule has 3 aromatic rings. The molecule has 0 aliphatic carbocycles. The minimum atomic E-state index is 0.217. The molecule has 3 rings (SSSR count). The van der Waals surface area contributed by atoms with Crippen LogP contribution in [-0.4, -0.2) is 0 Å². The molecule has 0 amide bonds. The van der Waals surface area contributed by atoms with E-state index < -0.39 is 0 Å². The average Bonchev–Trinajstić information content (AvgIpc) is 2.81. The first kappa shape index (κ1) is 14.9. The van der Waals surface area contributed by atoms with E-state index in [0.717, 1.165) is 15.2 Å². The molecule has 0 spiro atoms. The second-order valence-electron chi connectivity index (χ2n) is 5.08. The first-order chi connectivity index (χ1) is 10.1. The van der Waals surface area contributed by atoms with Crippen LogP contribution in [0.25, 0.3) is 10.1 Å². The van der Waals surface area contributed by atoms with E-state index in [1.807, 2.05) is 29.5 Å². The molecule has 0 aliphatic rings. The lowest BCUT2D eigenvalue weighted by atomic mass is 10.1. The van der Waals surface area contributed by atoms with Gasteiger partial charge >= 0.3 is 0 Å². The summed E-state index contributed by atoms with van der Waals surface area (Å²) in [6.45, 7) is 4.36. The number of nitrogens with one attached hydrogen (secondary N) is 1. The quantitative estimate of drug-likeness (QED) is 0.527. The molecule has 2 aromatic carbocycles. The third kappa shape index (κ3) is 2.96. The Labute approximate surface area is 142 Å². The Kier molecular flexibility index (Phi) is 4.25. The number of halogens is 2. The Morgan fingerprint density at radius 1 is 1.19 bits per heavy atom. The molecule has 0 bridgehead atoms. The molecule has 0 radical (unpaired) electrons. The fourth-order valence-corrected chi connectivity index (χ4v) is 4.26. The van der Waals surface area contributed by atoms with Gasteiger partial charge in [0.2, 0.25) is 0 Å². The summed E-state index contributed by atoms with van der Waals surface area (Å²) < 4.78 is 2.36. The van der Waals surface area contributed by atoms with E-state index >= 15 is 0 Å². The van der Waals surface area contributed by atoms with Crippen LogP contribution in [0.5, 0.6) is 0 Å². The van der Waals surface area contributed by atoms with Gasteiger partial charge in [0.1, 0.15) is 0 Å². The van der Waals surface area contributed by atoms with Gasteiger partial charge in [0, 0.05) is 14.0 Å². The normalized spacial score (nSPS) is 12.6. The van der Waals surface area contributed by atoms with Crippen molar-refractivity contribution in [2.75, 3.05) is 5.32 Å². The van der Waals surface area contributed by atoms with Crippen molar-refractivity contribution in [3.63, 3.8) is 0 Å². The SMILES string of the molecule is Cc1c(C(C)Nc2cc(Br)ccc2Cl)sc2ccccc12. The summed E-state index contributed by atoms with van der Waals surface area (Å²) in [5.74, 6) is 0. The van der Waals surface area contributed by atoms with E-state index in [-0.39, 0.29) is 6.04 Å². The molecule has 4 heteroatoms. The highest BCUT2D eigenvalue weighted by molar-refractivity contribution is 9.10. The molecule has 0 fully saturated rings. The van der Waals surface area contributed by atoms with Crippen molar-refractivity contribution in [1.29, 1.82) is 0 Å². The van der Waals surface area contributed by atoms with E-state index in [1.54, 1.807) is 0 Å². The molecule has 1 atom stereocenters. The topological polar surface area (TPSA) is 12.0 Å². The van der Waals surface area contributed by atoms with Gasteiger partial charge in [0.05, 0.1) is 16.8 Å². The molecule has 1 aromatic heterocycles. The molecule has 0 saturated heterocycles. The van der Waals surface area contributed by atoms with Gasteiger partial charge in [-0.05, 0) is 49.1 Å². The van der Waals surface area contributed by atoms with E-state index in [9.17, 15) is 0 Å². The zero-order valence-electron chi connectivity index (χ0n) is 11.8. The van der Waals surface area contributed by atoms with Gasteiger partial charge < -0.3 is 5.32 Å². The molecule has 1 heterocycles. The maximum Gasteiger partial charge on any atom is 0.0638 e. The van der Waals surface area contributed by atoms with Crippen molar-refractivity contribution in [2.24, 2.45) is 0 Å². The standard InChI is InChI=1S/C17H15BrClNS/c1-10-13-5-3-4-6-16(13)21-17(10)11(2)20-15-9-12(18)7-8-14(15)19/h3-9,11,20H,1-2H3. The number of fused-ring (bicyclic) bond motifs is 1. The van der Waals surface area contributed by atoms with Crippen LogP contribution in [0, 0.1) is 6.92 Å². The molecule has 108 valence electrons. The summed E-state index contributed by atoms with van der Waals surface area (Å²) in [6.07, 6.45) is 0. The lowest BCUT2D eigenvalue weighted by molar-refractivity contribution is 0.900. The number of hydrogen-bond acceptors (Lipinski definition) is 2. The van der Waals surface area contributed by atoms with Crippen molar-refractivity contribution in [3.05, 3.63) is 62.4 Å². The summed E-state index contributed by atoms with van der Waals surface area (Å²) in [5, 5.41) is 5.60. The van der Waals surface area contributed by atoms with E-state index in [0.29, 0.717) is 0 Å². The second kappa shape index (κ2) is 5.99. The maximum absolute atomic E-state index is 6.27. The second-order valence-corrected chi connectivity index (χ2v) is 7.48. The van der Waals surface area contributed by atoms with Crippen LogP contribution in [0.15, 0.2) is 46.9 Å². The monoisotopic (exact) mass is 379 g/mol. The number of anilines is 1. The lowest BCUT2D eigenvalue weighted by Gasteiger charge is -2.16. The summed E-state index contributed by atoms with van der Waals surface area (Å²) in [4.78, 5) is 1.35. The van der Waals surface area contributed by atoms with Crippen molar-refractivity contribution >= 4 is 54.6 Å². The zero-order valence-corrected chi connectivity index (χ0v) is 14.9. The minimum absolute atomic E-state index is 0.217. The smallest absolute Gasteiger partial charge is 0.0638 e. The first-order valence-corrected chi connectivity index (χ1v) is 8.74. The zero-order chi connectivity index (χ0) is 15.0. The molecule has 21 heavy (non-hydrogen) atoms. The molecular formula is C17H15BrClNS. The van der Waals surface area contributed by atoms with Crippen molar-refractivity contribution in [3.8, 4) is 0 Å². The highest BCUT2D eigenvalue weighted by atomic mass is 79.9. The maximum atomic E-state index is 6.27. The van der Waals surface area contributed by atoms with E-state index in [2.05, 4.69) is 59.4 Å². The lowest BCUT2D eigenvalue weighted by Crippen LogP contribution is -2.06. The third-order valence-electron chi connectivity index (χ3n) is 3.57. The molecule has 1 nitrogen and oxygen atoms in total. The summed E-state index contributed by atoms with van der Waals surface area (Å²) in [7, 11) is 0. The number of thiophene rings is 1. The van der Waals surface area contributed by atoms with Gasteiger partial charge in [-0.15, -0.1) is 11.3 Å². The Balaban J connectivity index is 1.95. The average molecular weight is 381 g/mol. The Morgan fingerprint density at radius 3 is 2.71 bits per heavy atom. The summed E-state index contributed by atoms with van der Waals surface area (Å²) in [6, 6.07) is 14.6. The van der Waals surface area contributed by atoms with Crippen LogP contribution >= 0.6 is 38.9 Å². The largest absolute Gasteiger partial charge is 0.376 e. The van der Waals surface area contributed by atoms with Crippen LogP contribution in [0.3, 0.4) is 0 Å². The number of rotatable bonds is 3. The summed E-state index contributed by atoms with van der Waals surface area (Å²) in [5.41, 5.74) is 2.30. The highest BCUT2D eigenvalue weighted by Gasteiger charge is 2.15. The van der Waals surface area contributed by atoms with Crippen molar-refractivity contribution in [2.45, 2.75) is 19.9 Å². The molecule has 0 saturated carbocycles. The van der Waals surface area contributed by atoms with Crippen LogP contribution in [0.4, 0.5) is 5.69 Å². The van der Waals surface area contributed by atoms with Gasteiger partial charge in [-0.25, -0.2) is 0 Å².